The predicted octanol–water partition coefficient (Wildman–Crippen LogP) is 3.13. The van der Waals surface area contributed by atoms with Crippen molar-refractivity contribution in [2.45, 2.75) is 45.2 Å². The smallest absolute Gasteiger partial charge is 0.256 e. The Balaban J connectivity index is 2.01. The van der Waals surface area contributed by atoms with Gasteiger partial charge in [-0.3, -0.25) is 9.59 Å². The lowest BCUT2D eigenvalue weighted by Crippen LogP contribution is -2.55. The van der Waals surface area contributed by atoms with Gasteiger partial charge in [0.1, 0.15) is 5.00 Å². The minimum atomic E-state index is -0.545. The first-order valence-electron chi connectivity index (χ1n) is 8.61. The van der Waals surface area contributed by atoms with Gasteiger partial charge in [-0.1, -0.05) is 0 Å². The SMILES string of the molecule is CC1(C)Cc2c(sc(NC(=O)c3ccc(C#N)cc3)c2C(N)=O)C(C)(C)N1. The molecule has 2 heterocycles. The Morgan fingerprint density at radius 3 is 2.41 bits per heavy atom. The molecule has 140 valence electrons. The van der Waals surface area contributed by atoms with E-state index in [4.69, 9.17) is 11.0 Å². The Kier molecular flexibility index (Phi) is 4.58. The maximum Gasteiger partial charge on any atom is 0.256 e. The van der Waals surface area contributed by atoms with Crippen LogP contribution in [0.4, 0.5) is 5.00 Å². The molecule has 1 aromatic heterocycles. The summed E-state index contributed by atoms with van der Waals surface area (Å²) in [6.45, 7) is 8.27. The second-order valence-corrected chi connectivity index (χ2v) is 8.95. The van der Waals surface area contributed by atoms with Crippen molar-refractivity contribution in [1.29, 1.82) is 5.26 Å². The summed E-state index contributed by atoms with van der Waals surface area (Å²) >= 11 is 1.38. The molecule has 0 saturated carbocycles. The molecule has 0 fully saturated rings. The van der Waals surface area contributed by atoms with Crippen molar-refractivity contribution in [3.05, 3.63) is 51.4 Å². The normalized spacial score (nSPS) is 16.9. The van der Waals surface area contributed by atoms with Crippen molar-refractivity contribution >= 4 is 28.2 Å². The summed E-state index contributed by atoms with van der Waals surface area (Å²) in [6, 6.07) is 8.35. The van der Waals surface area contributed by atoms with E-state index in [0.29, 0.717) is 28.1 Å². The topological polar surface area (TPSA) is 108 Å². The van der Waals surface area contributed by atoms with E-state index in [2.05, 4.69) is 38.3 Å². The van der Waals surface area contributed by atoms with Crippen LogP contribution >= 0.6 is 11.3 Å². The average Bonchev–Trinajstić information content (AvgIpc) is 2.91. The van der Waals surface area contributed by atoms with Crippen molar-refractivity contribution in [1.82, 2.24) is 5.32 Å². The van der Waals surface area contributed by atoms with E-state index in [1.165, 1.54) is 11.3 Å². The second-order valence-electron chi connectivity index (χ2n) is 7.93. The Labute approximate surface area is 162 Å². The minimum Gasteiger partial charge on any atom is -0.365 e. The number of hydrogen-bond donors (Lipinski definition) is 3. The van der Waals surface area contributed by atoms with Crippen molar-refractivity contribution in [3.63, 3.8) is 0 Å². The van der Waals surface area contributed by atoms with Crippen LogP contribution in [-0.2, 0) is 12.0 Å². The molecule has 2 amide bonds. The van der Waals surface area contributed by atoms with Crippen molar-refractivity contribution in [3.8, 4) is 6.07 Å². The summed E-state index contributed by atoms with van der Waals surface area (Å²) in [5.41, 5.74) is 7.31. The highest BCUT2D eigenvalue weighted by atomic mass is 32.1. The molecular formula is C20H22N4O2S. The number of nitrogens with one attached hydrogen (secondary N) is 2. The molecule has 2 aromatic rings. The summed E-state index contributed by atoms with van der Waals surface area (Å²) < 4.78 is 0. The highest BCUT2D eigenvalue weighted by Gasteiger charge is 2.41. The molecule has 0 radical (unpaired) electrons. The summed E-state index contributed by atoms with van der Waals surface area (Å²) in [4.78, 5) is 25.8. The zero-order valence-electron chi connectivity index (χ0n) is 15.8. The Morgan fingerprint density at radius 2 is 1.85 bits per heavy atom. The largest absolute Gasteiger partial charge is 0.365 e. The molecule has 1 aliphatic heterocycles. The minimum absolute atomic E-state index is 0.198. The van der Waals surface area contributed by atoms with Gasteiger partial charge < -0.3 is 16.4 Å². The third kappa shape index (κ3) is 3.59. The molecule has 0 bridgehead atoms. The highest BCUT2D eigenvalue weighted by molar-refractivity contribution is 7.17. The van der Waals surface area contributed by atoms with Crippen LogP contribution in [0, 0.1) is 11.3 Å². The van der Waals surface area contributed by atoms with E-state index in [0.717, 1.165) is 10.4 Å². The van der Waals surface area contributed by atoms with Crippen molar-refractivity contribution < 1.29 is 9.59 Å². The Hall–Kier alpha value is -2.69. The fraction of sp³-hybridized carbons (Fsp3) is 0.350. The number of primary amides is 1. The van der Waals surface area contributed by atoms with Crippen LogP contribution in [0.1, 0.15) is 64.4 Å². The third-order valence-electron chi connectivity index (χ3n) is 4.59. The van der Waals surface area contributed by atoms with Gasteiger partial charge in [0.25, 0.3) is 11.8 Å². The van der Waals surface area contributed by atoms with Gasteiger partial charge in [-0.25, -0.2) is 0 Å². The highest BCUT2D eigenvalue weighted by Crippen LogP contribution is 2.44. The van der Waals surface area contributed by atoms with Gasteiger partial charge in [0.05, 0.1) is 17.2 Å². The number of hydrogen-bond acceptors (Lipinski definition) is 5. The monoisotopic (exact) mass is 382 g/mol. The molecule has 0 spiro atoms. The zero-order chi connectivity index (χ0) is 20.0. The van der Waals surface area contributed by atoms with Crippen LogP contribution in [0.5, 0.6) is 0 Å². The molecular weight excluding hydrogens is 360 g/mol. The molecule has 3 rings (SSSR count). The van der Waals surface area contributed by atoms with E-state index in [9.17, 15) is 9.59 Å². The van der Waals surface area contributed by atoms with Crippen LogP contribution in [0.3, 0.4) is 0 Å². The number of nitriles is 1. The standard InChI is InChI=1S/C20H22N4O2S/c1-19(2)9-13-14(16(22)25)18(27-15(13)20(3,4)24-19)23-17(26)12-7-5-11(10-21)6-8-12/h5-8,24H,9H2,1-4H3,(H2,22,25)(H,23,26). The van der Waals surface area contributed by atoms with E-state index < -0.39 is 5.91 Å². The molecule has 0 saturated heterocycles. The summed E-state index contributed by atoms with van der Waals surface area (Å²) in [6.07, 6.45) is 0.646. The molecule has 6 nitrogen and oxygen atoms in total. The van der Waals surface area contributed by atoms with Gasteiger partial charge in [-0.05, 0) is 63.9 Å². The van der Waals surface area contributed by atoms with E-state index in [1.54, 1.807) is 24.3 Å². The lowest BCUT2D eigenvalue weighted by atomic mass is 9.81. The van der Waals surface area contributed by atoms with Gasteiger partial charge in [-0.15, -0.1) is 11.3 Å². The second kappa shape index (κ2) is 6.48. The van der Waals surface area contributed by atoms with Gasteiger partial charge in [-0.2, -0.15) is 5.26 Å². The molecule has 0 atom stereocenters. The number of anilines is 1. The molecule has 0 aliphatic carbocycles. The number of carbonyl (C=O) groups excluding carboxylic acids is 2. The van der Waals surface area contributed by atoms with E-state index in [1.807, 2.05) is 6.07 Å². The molecule has 27 heavy (non-hydrogen) atoms. The van der Waals surface area contributed by atoms with Crippen LogP contribution in [0.25, 0.3) is 0 Å². The number of benzene rings is 1. The number of thiophene rings is 1. The van der Waals surface area contributed by atoms with Crippen LogP contribution < -0.4 is 16.4 Å². The van der Waals surface area contributed by atoms with Crippen molar-refractivity contribution in [2.24, 2.45) is 5.73 Å². The number of nitrogens with two attached hydrogens (primary N) is 1. The van der Waals surface area contributed by atoms with Gasteiger partial charge >= 0.3 is 0 Å². The fourth-order valence-corrected chi connectivity index (χ4v) is 5.02. The number of rotatable bonds is 3. The number of carbonyl (C=O) groups is 2. The quantitative estimate of drug-likeness (QED) is 0.758. The predicted molar refractivity (Wildman–Crippen MR) is 106 cm³/mol. The summed E-state index contributed by atoms with van der Waals surface area (Å²) in [5, 5.41) is 15.8. The fourth-order valence-electron chi connectivity index (χ4n) is 3.75. The van der Waals surface area contributed by atoms with Crippen LogP contribution in [-0.4, -0.2) is 17.4 Å². The van der Waals surface area contributed by atoms with E-state index in [-0.39, 0.29) is 17.0 Å². The van der Waals surface area contributed by atoms with Crippen LogP contribution in [0.15, 0.2) is 24.3 Å². The maximum atomic E-state index is 12.6. The number of fused-ring (bicyclic) bond motifs is 1. The first-order valence-corrected chi connectivity index (χ1v) is 9.42. The van der Waals surface area contributed by atoms with E-state index >= 15 is 0 Å². The third-order valence-corrected chi connectivity index (χ3v) is 6.07. The first-order chi connectivity index (χ1) is 12.5. The van der Waals surface area contributed by atoms with Gasteiger partial charge in [0, 0.05) is 21.5 Å². The number of amides is 2. The van der Waals surface area contributed by atoms with Gasteiger partial charge in [0.2, 0.25) is 0 Å². The molecule has 4 N–H and O–H groups in total. The Morgan fingerprint density at radius 1 is 1.22 bits per heavy atom. The molecule has 1 aliphatic rings. The molecule has 1 aromatic carbocycles. The first kappa shape index (κ1) is 19.1. The van der Waals surface area contributed by atoms with Crippen LogP contribution in [0.2, 0.25) is 0 Å². The maximum absolute atomic E-state index is 12.6. The summed E-state index contributed by atoms with van der Waals surface area (Å²) in [7, 11) is 0. The zero-order valence-corrected chi connectivity index (χ0v) is 16.6. The lowest BCUT2D eigenvalue weighted by molar-refractivity contribution is 0.0999. The molecule has 0 unspecified atom stereocenters. The number of nitrogens with zero attached hydrogens (tertiary/aromatic N) is 1. The van der Waals surface area contributed by atoms with Crippen molar-refractivity contribution in [2.75, 3.05) is 5.32 Å². The molecule has 7 heteroatoms. The lowest BCUT2D eigenvalue weighted by Gasteiger charge is -2.42. The van der Waals surface area contributed by atoms with Gasteiger partial charge in [0.15, 0.2) is 0 Å². The Bertz CT molecular complexity index is 965. The summed E-state index contributed by atoms with van der Waals surface area (Å²) in [5.74, 6) is -0.887. The average molecular weight is 382 g/mol.